The van der Waals surface area contributed by atoms with Gasteiger partial charge in [0.05, 0.1) is 0 Å². The van der Waals surface area contributed by atoms with Gasteiger partial charge < -0.3 is 15.0 Å². The maximum atomic E-state index is 12.2. The van der Waals surface area contributed by atoms with Gasteiger partial charge in [0.15, 0.2) is 0 Å². The van der Waals surface area contributed by atoms with E-state index in [1.54, 1.807) is 24.1 Å². The molecule has 0 aliphatic carbocycles. The molecule has 1 fully saturated rings. The van der Waals surface area contributed by atoms with E-state index >= 15 is 0 Å². The predicted octanol–water partition coefficient (Wildman–Crippen LogP) is 2.76. The molecule has 1 unspecified atom stereocenters. The highest BCUT2D eigenvalue weighted by atomic mass is 35.5. The molecule has 1 aliphatic rings. The Labute approximate surface area is 145 Å². The van der Waals surface area contributed by atoms with Crippen molar-refractivity contribution in [2.75, 3.05) is 25.1 Å². The molecule has 0 saturated carbocycles. The van der Waals surface area contributed by atoms with E-state index in [2.05, 4.69) is 10.1 Å². The smallest absolute Gasteiger partial charge is 0.387 e. The predicted molar refractivity (Wildman–Crippen MR) is 90.5 cm³/mol. The van der Waals surface area contributed by atoms with Gasteiger partial charge in [-0.1, -0.05) is 12.1 Å². The van der Waals surface area contributed by atoms with E-state index in [1.165, 1.54) is 12.1 Å². The summed E-state index contributed by atoms with van der Waals surface area (Å²) in [4.78, 5) is 13.8. The molecule has 23 heavy (non-hydrogen) atoms. The molecule has 0 spiro atoms. The number of alkyl halides is 2. The number of rotatable bonds is 6. The summed E-state index contributed by atoms with van der Waals surface area (Å²) in [6.07, 6.45) is 0.455. The van der Waals surface area contributed by atoms with Crippen molar-refractivity contribution in [1.82, 2.24) is 10.2 Å². The third-order valence-electron chi connectivity index (χ3n) is 3.39. The summed E-state index contributed by atoms with van der Waals surface area (Å²) in [5, 5.41) is 3.33. The Hall–Kier alpha value is -1.05. The van der Waals surface area contributed by atoms with Gasteiger partial charge in [0.1, 0.15) is 5.75 Å². The summed E-state index contributed by atoms with van der Waals surface area (Å²) >= 11 is 1.85. The third-order valence-corrected chi connectivity index (χ3v) is 4.52. The number of carbonyl (C=O) groups excluding carboxylic acids is 1. The number of benzene rings is 1. The van der Waals surface area contributed by atoms with Crippen molar-refractivity contribution in [3.63, 3.8) is 0 Å². The van der Waals surface area contributed by atoms with Crippen LogP contribution in [0.4, 0.5) is 8.78 Å². The lowest BCUT2D eigenvalue weighted by atomic mass is 10.1. The molecular formula is C15H21ClF2N2O2S. The van der Waals surface area contributed by atoms with Crippen LogP contribution >= 0.6 is 24.2 Å². The number of halogens is 3. The molecule has 0 aromatic heterocycles. The van der Waals surface area contributed by atoms with Gasteiger partial charge in [0, 0.05) is 44.1 Å². The Bertz CT molecular complexity index is 502. The molecule has 1 aromatic rings. The highest BCUT2D eigenvalue weighted by molar-refractivity contribution is 7.99. The Morgan fingerprint density at radius 3 is 2.96 bits per heavy atom. The van der Waals surface area contributed by atoms with Crippen molar-refractivity contribution in [1.29, 1.82) is 0 Å². The SMILES string of the molecule is CN(Cc1cccc(OC(F)F)c1)C(=O)CC1CSCCN1.Cl. The maximum Gasteiger partial charge on any atom is 0.387 e. The summed E-state index contributed by atoms with van der Waals surface area (Å²) in [7, 11) is 1.72. The summed E-state index contributed by atoms with van der Waals surface area (Å²) in [5.74, 6) is 2.17. The van der Waals surface area contributed by atoms with Crippen LogP contribution in [-0.4, -0.2) is 48.6 Å². The zero-order chi connectivity index (χ0) is 15.9. The Balaban J connectivity index is 0.00000264. The van der Waals surface area contributed by atoms with Crippen molar-refractivity contribution in [3.05, 3.63) is 29.8 Å². The lowest BCUT2D eigenvalue weighted by molar-refractivity contribution is -0.130. The molecule has 0 radical (unpaired) electrons. The molecule has 1 aromatic carbocycles. The molecular weight excluding hydrogens is 346 g/mol. The van der Waals surface area contributed by atoms with E-state index in [0.717, 1.165) is 23.6 Å². The number of nitrogens with one attached hydrogen (secondary N) is 1. The molecule has 1 N–H and O–H groups in total. The lowest BCUT2D eigenvalue weighted by Crippen LogP contribution is -2.41. The minimum Gasteiger partial charge on any atom is -0.435 e. The summed E-state index contributed by atoms with van der Waals surface area (Å²) in [6.45, 7) is -1.54. The van der Waals surface area contributed by atoms with Crippen LogP contribution in [0.15, 0.2) is 24.3 Å². The number of nitrogens with zero attached hydrogens (tertiary/aromatic N) is 1. The second kappa shape index (κ2) is 9.95. The van der Waals surface area contributed by atoms with Crippen LogP contribution in [0.2, 0.25) is 0 Å². The molecule has 1 amide bonds. The number of ether oxygens (including phenoxy) is 1. The summed E-state index contributed by atoms with van der Waals surface area (Å²) < 4.78 is 28.8. The van der Waals surface area contributed by atoms with Crippen LogP contribution in [0.5, 0.6) is 5.75 Å². The average Bonchev–Trinajstić information content (AvgIpc) is 2.48. The van der Waals surface area contributed by atoms with E-state index in [9.17, 15) is 13.6 Å². The second-order valence-electron chi connectivity index (χ2n) is 5.21. The van der Waals surface area contributed by atoms with E-state index < -0.39 is 6.61 Å². The Morgan fingerprint density at radius 1 is 1.52 bits per heavy atom. The quantitative estimate of drug-likeness (QED) is 0.840. The van der Waals surface area contributed by atoms with Gasteiger partial charge in [-0.2, -0.15) is 20.5 Å². The number of amides is 1. The number of hydrogen-bond acceptors (Lipinski definition) is 4. The largest absolute Gasteiger partial charge is 0.435 e. The van der Waals surface area contributed by atoms with E-state index in [-0.39, 0.29) is 30.1 Å². The molecule has 130 valence electrons. The topological polar surface area (TPSA) is 41.6 Å². The average molecular weight is 367 g/mol. The highest BCUT2D eigenvalue weighted by Crippen LogP contribution is 2.17. The van der Waals surface area contributed by atoms with Crippen molar-refractivity contribution < 1.29 is 18.3 Å². The number of hydrogen-bond donors (Lipinski definition) is 1. The van der Waals surface area contributed by atoms with Crippen molar-refractivity contribution in [3.8, 4) is 5.75 Å². The van der Waals surface area contributed by atoms with Crippen LogP contribution < -0.4 is 10.1 Å². The first-order valence-corrected chi connectivity index (χ1v) is 8.29. The maximum absolute atomic E-state index is 12.2. The van der Waals surface area contributed by atoms with Crippen LogP contribution in [-0.2, 0) is 11.3 Å². The monoisotopic (exact) mass is 366 g/mol. The fourth-order valence-electron chi connectivity index (χ4n) is 2.30. The van der Waals surface area contributed by atoms with Gasteiger partial charge in [-0.25, -0.2) is 0 Å². The van der Waals surface area contributed by atoms with Gasteiger partial charge in [-0.05, 0) is 17.7 Å². The van der Waals surface area contributed by atoms with Gasteiger partial charge in [0.2, 0.25) is 5.91 Å². The Morgan fingerprint density at radius 2 is 2.30 bits per heavy atom. The van der Waals surface area contributed by atoms with Crippen molar-refractivity contribution in [2.45, 2.75) is 25.6 Å². The molecule has 1 heterocycles. The van der Waals surface area contributed by atoms with Gasteiger partial charge in [-0.15, -0.1) is 12.4 Å². The summed E-state index contributed by atoms with van der Waals surface area (Å²) in [6, 6.07) is 6.65. The van der Waals surface area contributed by atoms with Crippen molar-refractivity contribution in [2.24, 2.45) is 0 Å². The molecule has 0 bridgehead atoms. The number of carbonyl (C=O) groups is 1. The first-order valence-electron chi connectivity index (χ1n) is 7.13. The second-order valence-corrected chi connectivity index (χ2v) is 6.36. The Kier molecular flexibility index (Phi) is 8.65. The normalized spacial score (nSPS) is 17.5. The fraction of sp³-hybridized carbons (Fsp3) is 0.533. The van der Waals surface area contributed by atoms with E-state index in [0.29, 0.717) is 13.0 Å². The standard InChI is InChI=1S/C15H20F2N2O2S.ClH/c1-19(14(20)8-12-10-22-6-5-18-12)9-11-3-2-4-13(7-11)21-15(16)17;/h2-4,7,12,15,18H,5-6,8-10H2,1H3;1H. The first kappa shape index (κ1) is 20.0. The zero-order valence-electron chi connectivity index (χ0n) is 12.8. The molecule has 1 atom stereocenters. The lowest BCUT2D eigenvalue weighted by Gasteiger charge is -2.25. The van der Waals surface area contributed by atoms with Crippen LogP contribution in [0.1, 0.15) is 12.0 Å². The summed E-state index contributed by atoms with van der Waals surface area (Å²) in [5.41, 5.74) is 0.764. The molecule has 8 heteroatoms. The fourth-order valence-corrected chi connectivity index (χ4v) is 3.25. The van der Waals surface area contributed by atoms with Gasteiger partial charge >= 0.3 is 6.61 Å². The van der Waals surface area contributed by atoms with Crippen LogP contribution in [0.3, 0.4) is 0 Å². The molecule has 2 rings (SSSR count). The van der Waals surface area contributed by atoms with Gasteiger partial charge in [0.25, 0.3) is 0 Å². The van der Waals surface area contributed by atoms with E-state index in [1.807, 2.05) is 11.8 Å². The minimum atomic E-state index is -2.84. The molecule has 1 saturated heterocycles. The third kappa shape index (κ3) is 6.93. The van der Waals surface area contributed by atoms with Crippen LogP contribution in [0, 0.1) is 0 Å². The first-order chi connectivity index (χ1) is 10.5. The molecule has 1 aliphatic heterocycles. The minimum absolute atomic E-state index is 0. The van der Waals surface area contributed by atoms with E-state index in [4.69, 9.17) is 0 Å². The van der Waals surface area contributed by atoms with Crippen LogP contribution in [0.25, 0.3) is 0 Å². The van der Waals surface area contributed by atoms with Gasteiger partial charge in [-0.3, -0.25) is 4.79 Å². The highest BCUT2D eigenvalue weighted by Gasteiger charge is 2.19. The number of thioether (sulfide) groups is 1. The zero-order valence-corrected chi connectivity index (χ0v) is 14.5. The van der Waals surface area contributed by atoms with Crippen molar-refractivity contribution >= 4 is 30.1 Å². The molecule has 4 nitrogen and oxygen atoms in total.